The Labute approximate surface area is 122 Å². The fourth-order valence-electron chi connectivity index (χ4n) is 1.78. The molecule has 0 aliphatic rings. The van der Waals surface area contributed by atoms with Crippen LogP contribution < -0.4 is 5.32 Å². The second kappa shape index (κ2) is 7.57. The predicted octanol–water partition coefficient (Wildman–Crippen LogP) is 3.10. The Kier molecular flexibility index (Phi) is 5.75. The normalized spacial score (nSPS) is 11.1. The fourth-order valence-corrected chi connectivity index (χ4v) is 3.07. The monoisotopic (exact) mass is 296 g/mol. The van der Waals surface area contributed by atoms with E-state index in [4.69, 9.17) is 0 Å². The maximum Gasteiger partial charge on any atom is 0.134 e. The maximum atomic E-state index is 4.22. The minimum Gasteiger partial charge on any atom is -0.374 e. The van der Waals surface area contributed by atoms with Crippen LogP contribution in [-0.2, 0) is 13.0 Å². The summed E-state index contributed by atoms with van der Waals surface area (Å²) in [4.78, 5) is 3.74. The van der Waals surface area contributed by atoms with E-state index in [1.807, 2.05) is 11.3 Å². The van der Waals surface area contributed by atoms with Crippen molar-refractivity contribution in [3.05, 3.63) is 28.1 Å². The molecular formula is C13H20N4S2. The Bertz CT molecular complexity index is 467. The summed E-state index contributed by atoms with van der Waals surface area (Å²) in [7, 11) is 2.14. The lowest BCUT2D eigenvalue weighted by atomic mass is 10.3. The van der Waals surface area contributed by atoms with E-state index in [0.29, 0.717) is 0 Å². The third-order valence-corrected chi connectivity index (χ3v) is 4.49. The molecule has 104 valence electrons. The van der Waals surface area contributed by atoms with Crippen LogP contribution in [-0.4, -0.2) is 34.6 Å². The minimum absolute atomic E-state index is 0.855. The molecule has 0 fully saturated rings. The van der Waals surface area contributed by atoms with Crippen LogP contribution in [0, 0.1) is 0 Å². The highest BCUT2D eigenvalue weighted by Crippen LogP contribution is 2.19. The fraction of sp³-hybridized carbons (Fsp3) is 0.538. The number of hydrogen-bond donors (Lipinski definition) is 1. The van der Waals surface area contributed by atoms with Crippen molar-refractivity contribution in [2.24, 2.45) is 0 Å². The zero-order chi connectivity index (χ0) is 13.5. The van der Waals surface area contributed by atoms with Crippen LogP contribution in [0.2, 0.25) is 0 Å². The van der Waals surface area contributed by atoms with Crippen LogP contribution in [0.25, 0.3) is 0 Å². The number of aromatic nitrogens is 2. The van der Waals surface area contributed by atoms with Crippen molar-refractivity contribution >= 4 is 27.9 Å². The quantitative estimate of drug-likeness (QED) is 0.813. The molecule has 0 spiro atoms. The zero-order valence-electron chi connectivity index (χ0n) is 11.4. The molecule has 0 aromatic carbocycles. The van der Waals surface area contributed by atoms with E-state index >= 15 is 0 Å². The first-order chi connectivity index (χ1) is 9.29. The average Bonchev–Trinajstić information content (AvgIpc) is 3.05. The van der Waals surface area contributed by atoms with Gasteiger partial charge in [-0.15, -0.1) is 16.4 Å². The topological polar surface area (TPSA) is 41.1 Å². The third-order valence-electron chi connectivity index (χ3n) is 2.83. The van der Waals surface area contributed by atoms with Crippen molar-refractivity contribution in [1.82, 2.24) is 14.5 Å². The van der Waals surface area contributed by atoms with E-state index in [2.05, 4.69) is 51.3 Å². The van der Waals surface area contributed by atoms with Crippen LogP contribution in [0.5, 0.6) is 0 Å². The second-order valence-corrected chi connectivity index (χ2v) is 6.33. The zero-order valence-corrected chi connectivity index (χ0v) is 13.1. The van der Waals surface area contributed by atoms with E-state index < -0.39 is 0 Å². The molecule has 4 nitrogen and oxygen atoms in total. The van der Waals surface area contributed by atoms with E-state index in [0.717, 1.165) is 43.2 Å². The maximum absolute atomic E-state index is 4.22. The molecule has 2 aromatic heterocycles. The van der Waals surface area contributed by atoms with Crippen LogP contribution in [0.4, 0.5) is 5.00 Å². The SMILES string of the molecule is CCCNc1snnc1CN(C)CCc1cccs1. The van der Waals surface area contributed by atoms with Gasteiger partial charge < -0.3 is 5.32 Å². The molecule has 0 aliphatic heterocycles. The van der Waals surface area contributed by atoms with Gasteiger partial charge >= 0.3 is 0 Å². The number of nitrogens with zero attached hydrogens (tertiary/aromatic N) is 3. The molecule has 0 unspecified atom stereocenters. The summed E-state index contributed by atoms with van der Waals surface area (Å²) in [5, 5.41) is 10.9. The Morgan fingerprint density at radius 2 is 2.32 bits per heavy atom. The first-order valence-electron chi connectivity index (χ1n) is 6.55. The van der Waals surface area contributed by atoms with Gasteiger partial charge in [0.15, 0.2) is 0 Å². The van der Waals surface area contributed by atoms with Crippen molar-refractivity contribution < 1.29 is 0 Å². The molecule has 1 N–H and O–H groups in total. The summed E-state index contributed by atoms with van der Waals surface area (Å²) in [5.74, 6) is 0. The van der Waals surface area contributed by atoms with Gasteiger partial charge in [0.2, 0.25) is 0 Å². The average molecular weight is 296 g/mol. The van der Waals surface area contributed by atoms with Crippen LogP contribution >= 0.6 is 22.9 Å². The van der Waals surface area contributed by atoms with Gasteiger partial charge in [0.25, 0.3) is 0 Å². The van der Waals surface area contributed by atoms with E-state index in [9.17, 15) is 0 Å². The largest absolute Gasteiger partial charge is 0.374 e. The molecule has 2 rings (SSSR count). The summed E-state index contributed by atoms with van der Waals surface area (Å²) in [6, 6.07) is 4.30. The molecule has 0 radical (unpaired) electrons. The van der Waals surface area contributed by atoms with Gasteiger partial charge in [0, 0.05) is 36.0 Å². The molecule has 0 bridgehead atoms. The molecule has 0 amide bonds. The number of thiophene rings is 1. The molecule has 0 aliphatic carbocycles. The van der Waals surface area contributed by atoms with Crippen molar-refractivity contribution in [2.75, 3.05) is 25.5 Å². The molecule has 2 heterocycles. The molecule has 0 saturated carbocycles. The standard InChI is InChI=1S/C13H20N4S2/c1-3-7-14-13-12(15-16-19-13)10-17(2)8-6-11-5-4-9-18-11/h4-5,9,14H,3,6-8,10H2,1-2H3. The number of hydrogen-bond acceptors (Lipinski definition) is 6. The van der Waals surface area contributed by atoms with Crippen molar-refractivity contribution in [3.8, 4) is 0 Å². The summed E-state index contributed by atoms with van der Waals surface area (Å²) < 4.78 is 4.04. The van der Waals surface area contributed by atoms with Gasteiger partial charge in [-0.05, 0) is 31.3 Å². The van der Waals surface area contributed by atoms with Gasteiger partial charge in [-0.3, -0.25) is 4.90 Å². The summed E-state index contributed by atoms with van der Waals surface area (Å²) in [6.07, 6.45) is 2.22. The Hall–Kier alpha value is -0.980. The number of nitrogens with one attached hydrogen (secondary N) is 1. The van der Waals surface area contributed by atoms with Gasteiger partial charge in [-0.1, -0.05) is 17.5 Å². The Balaban J connectivity index is 1.81. The molecule has 0 atom stereocenters. The first kappa shape index (κ1) is 14.4. The van der Waals surface area contributed by atoms with Crippen molar-refractivity contribution in [3.63, 3.8) is 0 Å². The van der Waals surface area contributed by atoms with Crippen LogP contribution in [0.1, 0.15) is 23.9 Å². The van der Waals surface area contributed by atoms with Crippen molar-refractivity contribution in [2.45, 2.75) is 26.3 Å². The summed E-state index contributed by atoms with van der Waals surface area (Å²) >= 11 is 3.27. The smallest absolute Gasteiger partial charge is 0.134 e. The highest BCUT2D eigenvalue weighted by molar-refractivity contribution is 7.10. The predicted molar refractivity (Wildman–Crippen MR) is 83.0 cm³/mol. The van der Waals surface area contributed by atoms with Crippen LogP contribution in [0.15, 0.2) is 17.5 Å². The number of likely N-dealkylation sites (N-methyl/N-ethyl adjacent to an activating group) is 1. The van der Waals surface area contributed by atoms with Crippen molar-refractivity contribution in [1.29, 1.82) is 0 Å². The summed E-state index contributed by atoms with van der Waals surface area (Å²) in [6.45, 7) is 5.04. The highest BCUT2D eigenvalue weighted by Gasteiger charge is 2.10. The number of anilines is 1. The summed E-state index contributed by atoms with van der Waals surface area (Å²) in [5.41, 5.74) is 1.06. The van der Waals surface area contributed by atoms with Gasteiger partial charge in [-0.25, -0.2) is 0 Å². The molecule has 2 aromatic rings. The lowest BCUT2D eigenvalue weighted by Crippen LogP contribution is -2.21. The highest BCUT2D eigenvalue weighted by atomic mass is 32.1. The first-order valence-corrected chi connectivity index (χ1v) is 8.21. The molecule has 0 saturated heterocycles. The Morgan fingerprint density at radius 3 is 3.05 bits per heavy atom. The number of rotatable bonds is 8. The van der Waals surface area contributed by atoms with E-state index in [-0.39, 0.29) is 0 Å². The Morgan fingerprint density at radius 1 is 1.42 bits per heavy atom. The minimum atomic E-state index is 0.855. The van der Waals surface area contributed by atoms with Crippen LogP contribution in [0.3, 0.4) is 0 Å². The second-order valence-electron chi connectivity index (χ2n) is 4.54. The third kappa shape index (κ3) is 4.56. The van der Waals surface area contributed by atoms with Gasteiger partial charge in [0.05, 0.1) is 0 Å². The molecular weight excluding hydrogens is 276 g/mol. The van der Waals surface area contributed by atoms with E-state index in [1.54, 1.807) is 0 Å². The van der Waals surface area contributed by atoms with Gasteiger partial charge in [0.1, 0.15) is 10.7 Å². The van der Waals surface area contributed by atoms with E-state index in [1.165, 1.54) is 16.4 Å². The molecule has 6 heteroatoms. The molecule has 19 heavy (non-hydrogen) atoms. The van der Waals surface area contributed by atoms with Gasteiger partial charge in [-0.2, -0.15) is 0 Å². The lowest BCUT2D eigenvalue weighted by Gasteiger charge is -2.15. The lowest BCUT2D eigenvalue weighted by molar-refractivity contribution is 0.328.